The summed E-state index contributed by atoms with van der Waals surface area (Å²) in [6.07, 6.45) is 1.52. The van der Waals surface area contributed by atoms with Crippen molar-refractivity contribution in [1.29, 1.82) is 0 Å². The molecule has 1 aliphatic rings. The van der Waals surface area contributed by atoms with Crippen LogP contribution in [0.5, 0.6) is 11.5 Å². The van der Waals surface area contributed by atoms with Crippen molar-refractivity contribution in [2.24, 2.45) is 0 Å². The van der Waals surface area contributed by atoms with E-state index in [-0.39, 0.29) is 13.2 Å². The Morgan fingerprint density at radius 2 is 2.20 bits per heavy atom. The molecule has 6 heteroatoms. The van der Waals surface area contributed by atoms with Gasteiger partial charge in [0.1, 0.15) is 12.7 Å². The van der Waals surface area contributed by atoms with Crippen LogP contribution in [-0.2, 0) is 6.54 Å². The molecule has 1 atom stereocenters. The molecule has 0 aliphatic heterocycles. The van der Waals surface area contributed by atoms with E-state index >= 15 is 0 Å². The maximum atomic E-state index is 9.31. The third kappa shape index (κ3) is 4.24. The van der Waals surface area contributed by atoms with Crippen molar-refractivity contribution in [2.75, 3.05) is 20.3 Å². The summed E-state index contributed by atoms with van der Waals surface area (Å²) in [5, 5.41) is 21.9. The first-order chi connectivity index (χ1) is 9.63. The van der Waals surface area contributed by atoms with Crippen molar-refractivity contribution < 1.29 is 19.7 Å². The molecule has 1 aliphatic carbocycles. The first-order valence-corrected chi connectivity index (χ1v) is 7.03. The molecule has 2 rings (SSSR count). The second-order valence-corrected chi connectivity index (χ2v) is 5.32. The number of hydrogen-bond acceptors (Lipinski definition) is 5. The summed E-state index contributed by atoms with van der Waals surface area (Å²) >= 11 is 6.19. The maximum absolute atomic E-state index is 9.31. The summed E-state index contributed by atoms with van der Waals surface area (Å²) in [6.45, 7) is 0.343. The van der Waals surface area contributed by atoms with Gasteiger partial charge in [0, 0.05) is 12.6 Å². The average Bonchev–Trinajstić information content (AvgIpc) is 3.27. The third-order valence-electron chi connectivity index (χ3n) is 3.09. The third-order valence-corrected chi connectivity index (χ3v) is 3.37. The van der Waals surface area contributed by atoms with E-state index in [1.165, 1.54) is 12.8 Å². The summed E-state index contributed by atoms with van der Waals surface area (Å²) in [5.74, 6) is 0.909. The Morgan fingerprint density at radius 3 is 2.80 bits per heavy atom. The highest BCUT2D eigenvalue weighted by molar-refractivity contribution is 6.32. The lowest BCUT2D eigenvalue weighted by Gasteiger charge is -2.16. The minimum atomic E-state index is -0.938. The highest BCUT2D eigenvalue weighted by Crippen LogP contribution is 2.36. The molecule has 5 nitrogen and oxygen atoms in total. The molecular formula is C14H20ClNO4. The smallest absolute Gasteiger partial charge is 0.179 e. The number of ether oxygens (including phenoxy) is 2. The van der Waals surface area contributed by atoms with Gasteiger partial charge in [-0.1, -0.05) is 11.6 Å². The molecule has 0 bridgehead atoms. The van der Waals surface area contributed by atoms with Crippen LogP contribution in [0.2, 0.25) is 5.02 Å². The van der Waals surface area contributed by atoms with Gasteiger partial charge in [0.25, 0.3) is 0 Å². The molecular weight excluding hydrogens is 282 g/mol. The van der Waals surface area contributed by atoms with Crippen LogP contribution in [0, 0.1) is 0 Å². The van der Waals surface area contributed by atoms with Crippen LogP contribution >= 0.6 is 11.6 Å². The lowest BCUT2D eigenvalue weighted by atomic mass is 10.2. The van der Waals surface area contributed by atoms with E-state index in [2.05, 4.69) is 5.32 Å². The molecule has 1 aromatic carbocycles. The standard InChI is InChI=1S/C14H20ClNO4/c1-19-13-5-9(6-16-10-2-3-10)4-12(15)14(13)20-8-11(18)7-17/h4-5,10-11,16-18H,2-3,6-8H2,1H3. The fourth-order valence-electron chi connectivity index (χ4n) is 1.80. The lowest BCUT2D eigenvalue weighted by Crippen LogP contribution is -2.21. The fourth-order valence-corrected chi connectivity index (χ4v) is 2.09. The van der Waals surface area contributed by atoms with E-state index in [1.807, 2.05) is 12.1 Å². The minimum Gasteiger partial charge on any atom is -0.493 e. The van der Waals surface area contributed by atoms with Gasteiger partial charge in [-0.15, -0.1) is 0 Å². The number of hydrogen-bond donors (Lipinski definition) is 3. The molecule has 0 saturated heterocycles. The van der Waals surface area contributed by atoms with Crippen molar-refractivity contribution in [3.05, 3.63) is 22.7 Å². The van der Waals surface area contributed by atoms with Gasteiger partial charge in [-0.05, 0) is 30.5 Å². The first kappa shape index (κ1) is 15.4. The van der Waals surface area contributed by atoms with Crippen molar-refractivity contribution in [3.8, 4) is 11.5 Å². The highest BCUT2D eigenvalue weighted by atomic mass is 35.5. The van der Waals surface area contributed by atoms with Crippen molar-refractivity contribution in [3.63, 3.8) is 0 Å². The Kier molecular flexibility index (Phi) is 5.48. The van der Waals surface area contributed by atoms with Crippen LogP contribution in [0.1, 0.15) is 18.4 Å². The van der Waals surface area contributed by atoms with Gasteiger partial charge in [0.05, 0.1) is 18.7 Å². The van der Waals surface area contributed by atoms with E-state index in [0.717, 1.165) is 12.1 Å². The summed E-state index contributed by atoms with van der Waals surface area (Å²) < 4.78 is 10.7. The SMILES string of the molecule is COc1cc(CNC2CC2)cc(Cl)c1OCC(O)CO. The quantitative estimate of drug-likeness (QED) is 0.676. The molecule has 0 heterocycles. The number of aliphatic hydroxyl groups excluding tert-OH is 2. The van der Waals surface area contributed by atoms with Crippen LogP contribution in [0.25, 0.3) is 0 Å². The Morgan fingerprint density at radius 1 is 1.45 bits per heavy atom. The average molecular weight is 302 g/mol. The van der Waals surface area contributed by atoms with Gasteiger partial charge < -0.3 is 25.0 Å². The summed E-state index contributed by atoms with van der Waals surface area (Å²) in [6, 6.07) is 4.30. The molecule has 0 spiro atoms. The van der Waals surface area contributed by atoms with Crippen molar-refractivity contribution in [1.82, 2.24) is 5.32 Å². The van der Waals surface area contributed by atoms with Crippen LogP contribution in [0.4, 0.5) is 0 Å². The second-order valence-electron chi connectivity index (χ2n) is 4.91. The zero-order valence-electron chi connectivity index (χ0n) is 11.4. The van der Waals surface area contributed by atoms with Crippen molar-refractivity contribution >= 4 is 11.6 Å². The van der Waals surface area contributed by atoms with E-state index in [4.69, 9.17) is 26.2 Å². The number of rotatable bonds is 8. The number of aliphatic hydroxyl groups is 2. The van der Waals surface area contributed by atoms with Crippen LogP contribution in [0.3, 0.4) is 0 Å². The van der Waals surface area contributed by atoms with E-state index in [0.29, 0.717) is 22.6 Å². The molecule has 0 radical (unpaired) electrons. The molecule has 112 valence electrons. The summed E-state index contributed by atoms with van der Waals surface area (Å²) in [4.78, 5) is 0. The van der Waals surface area contributed by atoms with Gasteiger partial charge in [-0.3, -0.25) is 0 Å². The van der Waals surface area contributed by atoms with Gasteiger partial charge >= 0.3 is 0 Å². The molecule has 1 unspecified atom stereocenters. The summed E-state index contributed by atoms with van der Waals surface area (Å²) in [7, 11) is 1.54. The highest BCUT2D eigenvalue weighted by Gasteiger charge is 2.21. The zero-order chi connectivity index (χ0) is 14.5. The number of benzene rings is 1. The van der Waals surface area contributed by atoms with Crippen LogP contribution in [-0.4, -0.2) is 42.7 Å². The molecule has 1 saturated carbocycles. The molecule has 3 N–H and O–H groups in total. The van der Waals surface area contributed by atoms with Crippen molar-refractivity contribution in [2.45, 2.75) is 31.5 Å². The fraction of sp³-hybridized carbons (Fsp3) is 0.571. The van der Waals surface area contributed by atoms with E-state index in [9.17, 15) is 5.11 Å². The predicted octanol–water partition coefficient (Wildman–Crippen LogP) is 1.33. The first-order valence-electron chi connectivity index (χ1n) is 6.65. The normalized spacial score (nSPS) is 16.0. The molecule has 20 heavy (non-hydrogen) atoms. The second kappa shape index (κ2) is 7.13. The van der Waals surface area contributed by atoms with Crippen LogP contribution < -0.4 is 14.8 Å². The predicted molar refractivity (Wildman–Crippen MR) is 76.5 cm³/mol. The monoisotopic (exact) mass is 301 g/mol. The molecule has 1 fully saturated rings. The van der Waals surface area contributed by atoms with Gasteiger partial charge in [-0.25, -0.2) is 0 Å². The number of halogens is 1. The Bertz CT molecular complexity index is 451. The Hall–Kier alpha value is -1.01. The van der Waals surface area contributed by atoms with E-state index < -0.39 is 6.10 Å². The molecule has 1 aromatic rings. The molecule has 0 amide bonds. The molecule has 0 aromatic heterocycles. The summed E-state index contributed by atoms with van der Waals surface area (Å²) in [5.41, 5.74) is 1.02. The van der Waals surface area contributed by atoms with Gasteiger partial charge in [-0.2, -0.15) is 0 Å². The number of nitrogens with one attached hydrogen (secondary N) is 1. The lowest BCUT2D eigenvalue weighted by molar-refractivity contribution is 0.0527. The maximum Gasteiger partial charge on any atom is 0.179 e. The Balaban J connectivity index is 2.05. The minimum absolute atomic E-state index is 0.0355. The van der Waals surface area contributed by atoms with E-state index in [1.54, 1.807) is 7.11 Å². The zero-order valence-corrected chi connectivity index (χ0v) is 12.2. The largest absolute Gasteiger partial charge is 0.493 e. The number of methoxy groups -OCH3 is 1. The Labute approximate surface area is 123 Å². The van der Waals surface area contributed by atoms with Crippen LogP contribution in [0.15, 0.2) is 12.1 Å². The van der Waals surface area contributed by atoms with Gasteiger partial charge in [0.15, 0.2) is 11.5 Å². The topological polar surface area (TPSA) is 71.0 Å². The van der Waals surface area contributed by atoms with Gasteiger partial charge in [0.2, 0.25) is 0 Å².